The summed E-state index contributed by atoms with van der Waals surface area (Å²) < 4.78 is 33.3. The number of unbranched alkanes of at least 4 members (excludes halogenated alkanes) is 9. The molecule has 1 aliphatic rings. The third-order valence-electron chi connectivity index (χ3n) is 8.84. The number of phosphoric acid groups is 1. The van der Waals surface area contributed by atoms with Gasteiger partial charge in [-0.15, -0.1) is 0 Å². The van der Waals surface area contributed by atoms with E-state index in [0.717, 1.165) is 77.0 Å². The van der Waals surface area contributed by atoms with Crippen LogP contribution in [0.5, 0.6) is 0 Å². The predicted octanol–water partition coefficient (Wildman–Crippen LogP) is 6.60. The number of ether oxygens (including phenoxy) is 2. The van der Waals surface area contributed by atoms with E-state index in [9.17, 15) is 44.6 Å². The van der Waals surface area contributed by atoms with Crippen LogP contribution in [-0.2, 0) is 32.7 Å². The molecule has 6 unspecified atom stereocenters. The Balaban J connectivity index is 2.56. The number of esters is 2. The highest BCUT2D eigenvalue weighted by Gasteiger charge is 2.51. The lowest BCUT2D eigenvalue weighted by atomic mass is 9.85. The minimum absolute atomic E-state index is 0.0739. The second-order valence-electron chi connectivity index (χ2n) is 13.7. The second kappa shape index (κ2) is 31.6. The molecule has 316 valence electrons. The number of carbonyl (C=O) groups excluding carboxylic acids is 2. The average Bonchev–Trinajstić information content (AvgIpc) is 3.16. The Bertz CT molecular complexity index is 1200. The van der Waals surface area contributed by atoms with Crippen LogP contribution in [-0.4, -0.2) is 98.3 Å². The van der Waals surface area contributed by atoms with Gasteiger partial charge in [0.25, 0.3) is 0 Å². The van der Waals surface area contributed by atoms with Crippen LogP contribution in [0.1, 0.15) is 129 Å². The van der Waals surface area contributed by atoms with Gasteiger partial charge in [-0.3, -0.25) is 18.6 Å². The van der Waals surface area contributed by atoms with Crippen LogP contribution in [0.4, 0.5) is 0 Å². The summed E-state index contributed by atoms with van der Waals surface area (Å²) in [4.78, 5) is 35.5. The van der Waals surface area contributed by atoms with Gasteiger partial charge in [-0.1, -0.05) is 107 Å². The van der Waals surface area contributed by atoms with Crippen LogP contribution in [0.25, 0.3) is 0 Å². The molecule has 1 aliphatic carbocycles. The largest absolute Gasteiger partial charge is 0.472 e. The molecule has 0 radical (unpaired) electrons. The summed E-state index contributed by atoms with van der Waals surface area (Å²) in [5, 5.41) is 49.9. The fourth-order valence-electron chi connectivity index (χ4n) is 5.55. The van der Waals surface area contributed by atoms with E-state index in [1.54, 1.807) is 0 Å². The molecule has 0 aromatic heterocycles. The van der Waals surface area contributed by atoms with Gasteiger partial charge in [0.2, 0.25) is 0 Å². The number of phosphoric ester groups is 1. The lowest BCUT2D eigenvalue weighted by molar-refractivity contribution is -0.220. The van der Waals surface area contributed by atoms with Crippen LogP contribution in [0.15, 0.2) is 60.8 Å². The van der Waals surface area contributed by atoms with Crippen LogP contribution in [0, 0.1) is 0 Å². The minimum atomic E-state index is -5.12. The van der Waals surface area contributed by atoms with Crippen LogP contribution < -0.4 is 0 Å². The third-order valence-corrected chi connectivity index (χ3v) is 9.83. The maximum absolute atomic E-state index is 12.7. The number of carbonyl (C=O) groups is 2. The average molecular weight is 801 g/mol. The molecule has 1 rings (SSSR count). The molecule has 0 aromatic carbocycles. The molecule has 0 aliphatic heterocycles. The van der Waals surface area contributed by atoms with Gasteiger partial charge in [0.15, 0.2) is 6.10 Å². The number of hydrogen-bond acceptors (Lipinski definition) is 12. The van der Waals surface area contributed by atoms with Crippen LogP contribution >= 0.6 is 7.82 Å². The molecular weight excluding hydrogens is 731 g/mol. The summed E-state index contributed by atoms with van der Waals surface area (Å²) in [5.41, 5.74) is 0. The van der Waals surface area contributed by atoms with E-state index in [0.29, 0.717) is 12.8 Å². The standard InChI is InChI=1S/C41H69O13P/c1-3-5-7-9-11-13-15-16-17-18-20-21-23-25-27-29-34(42)51-31-33(53-35(43)30-28-26-24-22-19-14-12-10-8-6-4-2)32-52-55(49,50)54-41-39(47)37(45)36(44)38(46)40(41)48/h5,7,10-13,16-17,20-21,33,36-41,44-48H,3-4,6,8-9,14-15,18-19,22-32H2,1-2H3,(H,49,50)/b7-5-,12-10-,13-11-,17-16-,21-20-/t33-,36?,37-,38?,39?,40?,41?/m1/s1. The van der Waals surface area contributed by atoms with Crippen molar-refractivity contribution in [1.29, 1.82) is 0 Å². The van der Waals surface area contributed by atoms with Gasteiger partial charge in [0, 0.05) is 12.8 Å². The highest BCUT2D eigenvalue weighted by Crippen LogP contribution is 2.47. The number of allylic oxidation sites excluding steroid dienone is 10. The molecule has 0 saturated heterocycles. The Labute approximate surface area is 328 Å². The van der Waals surface area contributed by atoms with E-state index in [1.165, 1.54) is 12.8 Å². The molecular formula is C41H69O13P. The minimum Gasteiger partial charge on any atom is -0.462 e. The van der Waals surface area contributed by atoms with E-state index in [2.05, 4.69) is 74.6 Å². The second-order valence-corrected chi connectivity index (χ2v) is 15.2. The number of hydrogen-bond donors (Lipinski definition) is 6. The Kier molecular flexibility index (Phi) is 29.1. The lowest BCUT2D eigenvalue weighted by Crippen LogP contribution is -2.64. The van der Waals surface area contributed by atoms with Crippen molar-refractivity contribution in [3.8, 4) is 0 Å². The zero-order chi connectivity index (χ0) is 40.7. The maximum Gasteiger partial charge on any atom is 0.472 e. The lowest BCUT2D eigenvalue weighted by Gasteiger charge is -2.41. The molecule has 0 aromatic rings. The molecule has 55 heavy (non-hydrogen) atoms. The number of rotatable bonds is 31. The first-order chi connectivity index (χ1) is 26.4. The van der Waals surface area contributed by atoms with Crippen molar-refractivity contribution in [2.45, 2.75) is 172 Å². The van der Waals surface area contributed by atoms with Gasteiger partial charge in [-0.25, -0.2) is 4.57 Å². The molecule has 13 nitrogen and oxygen atoms in total. The molecule has 0 bridgehead atoms. The smallest absolute Gasteiger partial charge is 0.462 e. The predicted molar refractivity (Wildman–Crippen MR) is 212 cm³/mol. The highest BCUT2D eigenvalue weighted by molar-refractivity contribution is 7.47. The zero-order valence-electron chi connectivity index (χ0n) is 32.9. The maximum atomic E-state index is 12.7. The Morgan fingerprint density at radius 2 is 1.04 bits per heavy atom. The van der Waals surface area contributed by atoms with Crippen molar-refractivity contribution in [2.75, 3.05) is 13.2 Å². The van der Waals surface area contributed by atoms with E-state index >= 15 is 0 Å². The molecule has 8 atom stereocenters. The van der Waals surface area contributed by atoms with Crippen LogP contribution in [0.2, 0.25) is 0 Å². The van der Waals surface area contributed by atoms with E-state index < -0.39 is 75.7 Å². The third kappa shape index (κ3) is 24.7. The normalized spacial score (nSPS) is 23.7. The SMILES string of the molecule is CC/C=C\C/C=C\C/C=C\C/C=C\CCCCC(=O)OC[C@H](COP(=O)(O)OC1C(O)C(O)C(O)[C@@H](O)C1O)OC(=O)CCCCCCC/C=C\CCCC. The fraction of sp³-hybridized carbons (Fsp3) is 0.707. The molecule has 0 amide bonds. The summed E-state index contributed by atoms with van der Waals surface area (Å²) in [7, 11) is -5.12. The van der Waals surface area contributed by atoms with Gasteiger partial charge in [0.05, 0.1) is 6.61 Å². The van der Waals surface area contributed by atoms with Crippen molar-refractivity contribution in [1.82, 2.24) is 0 Å². The molecule has 0 heterocycles. The van der Waals surface area contributed by atoms with Crippen molar-refractivity contribution in [3.63, 3.8) is 0 Å². The zero-order valence-corrected chi connectivity index (χ0v) is 33.8. The fourth-order valence-corrected chi connectivity index (χ4v) is 6.52. The monoisotopic (exact) mass is 800 g/mol. The summed E-state index contributed by atoms with van der Waals surface area (Å²) in [6.07, 6.45) is 23.0. The summed E-state index contributed by atoms with van der Waals surface area (Å²) in [5.74, 6) is -1.17. The quantitative estimate of drug-likeness (QED) is 0.0189. The topological polar surface area (TPSA) is 210 Å². The molecule has 1 saturated carbocycles. The number of aliphatic hydroxyl groups is 5. The Hall–Kier alpha value is -2.45. The Morgan fingerprint density at radius 1 is 0.582 bits per heavy atom. The summed E-state index contributed by atoms with van der Waals surface area (Å²) >= 11 is 0. The molecule has 1 fully saturated rings. The molecule has 6 N–H and O–H groups in total. The first-order valence-electron chi connectivity index (χ1n) is 20.1. The summed E-state index contributed by atoms with van der Waals surface area (Å²) in [6, 6.07) is 0. The van der Waals surface area contributed by atoms with Gasteiger partial charge < -0.3 is 39.9 Å². The highest BCUT2D eigenvalue weighted by atomic mass is 31.2. The van der Waals surface area contributed by atoms with E-state index in [1.807, 2.05) is 0 Å². The van der Waals surface area contributed by atoms with E-state index in [-0.39, 0.29) is 12.8 Å². The van der Waals surface area contributed by atoms with Gasteiger partial charge >= 0.3 is 19.8 Å². The van der Waals surface area contributed by atoms with Crippen molar-refractivity contribution >= 4 is 19.8 Å². The van der Waals surface area contributed by atoms with Crippen molar-refractivity contribution in [3.05, 3.63) is 60.8 Å². The first-order valence-corrected chi connectivity index (χ1v) is 21.6. The number of aliphatic hydroxyl groups excluding tert-OH is 5. The first kappa shape index (κ1) is 50.6. The van der Waals surface area contributed by atoms with E-state index in [4.69, 9.17) is 18.5 Å². The van der Waals surface area contributed by atoms with Crippen molar-refractivity contribution in [2.24, 2.45) is 0 Å². The molecule has 0 spiro atoms. The van der Waals surface area contributed by atoms with Gasteiger partial charge in [-0.2, -0.15) is 0 Å². The van der Waals surface area contributed by atoms with Crippen LogP contribution in [0.3, 0.4) is 0 Å². The van der Waals surface area contributed by atoms with Gasteiger partial charge in [-0.05, 0) is 70.6 Å². The summed E-state index contributed by atoms with van der Waals surface area (Å²) in [6.45, 7) is 3.06. The molecule has 14 heteroatoms. The van der Waals surface area contributed by atoms with Crippen molar-refractivity contribution < 1.29 is 63.1 Å². The Morgan fingerprint density at radius 3 is 1.64 bits per heavy atom. The van der Waals surface area contributed by atoms with Gasteiger partial charge in [0.1, 0.15) is 43.2 Å².